The van der Waals surface area contributed by atoms with Crippen LogP contribution in [0.25, 0.3) is 0 Å². The highest BCUT2D eigenvalue weighted by Gasteiger charge is 2.02. The Morgan fingerprint density at radius 1 is 0.895 bits per heavy atom. The number of carbonyl (C=O) groups is 2. The van der Waals surface area contributed by atoms with Gasteiger partial charge in [-0.2, -0.15) is 5.48 Å². The lowest BCUT2D eigenvalue weighted by Gasteiger charge is -2.03. The molecule has 0 heterocycles. The molecule has 0 aliphatic rings. The van der Waals surface area contributed by atoms with E-state index >= 15 is 0 Å². The number of rotatable bonds is 12. The van der Waals surface area contributed by atoms with E-state index in [-0.39, 0.29) is 5.91 Å². The Morgan fingerprint density at radius 2 is 1.42 bits per heavy atom. The van der Waals surface area contributed by atoms with E-state index in [4.69, 9.17) is 0 Å². The summed E-state index contributed by atoms with van der Waals surface area (Å²) in [6.45, 7) is 3.42. The summed E-state index contributed by atoms with van der Waals surface area (Å²) in [5, 5.41) is 0. The first-order valence-electron chi connectivity index (χ1n) is 7.29. The quantitative estimate of drug-likeness (QED) is 0.336. The highest BCUT2D eigenvalue weighted by atomic mass is 17.3. The minimum atomic E-state index is -0.594. The van der Waals surface area contributed by atoms with Crippen LogP contribution >= 0.6 is 0 Å². The Hall–Kier alpha value is -1.10. The van der Waals surface area contributed by atoms with Crippen molar-refractivity contribution in [2.45, 2.75) is 78.1 Å². The molecule has 0 unspecified atom stereocenters. The van der Waals surface area contributed by atoms with Gasteiger partial charge in [0.1, 0.15) is 0 Å². The lowest BCUT2D eigenvalue weighted by molar-refractivity contribution is -0.300. The fourth-order valence-corrected chi connectivity index (χ4v) is 1.77. The number of carbonyl (C=O) groups excluding carboxylic acids is 2. The van der Waals surface area contributed by atoms with Crippen molar-refractivity contribution in [3.05, 3.63) is 0 Å². The molecule has 0 aliphatic carbocycles. The van der Waals surface area contributed by atoms with Crippen molar-refractivity contribution in [3.63, 3.8) is 0 Å². The van der Waals surface area contributed by atoms with Crippen LogP contribution in [0.1, 0.15) is 78.1 Å². The molecule has 0 bridgehead atoms. The zero-order valence-electron chi connectivity index (χ0n) is 12.2. The largest absolute Gasteiger partial charge is 0.342 e. The van der Waals surface area contributed by atoms with Gasteiger partial charge >= 0.3 is 5.97 Å². The molecular formula is C14H27NO4. The molecule has 0 aromatic carbocycles. The Morgan fingerprint density at radius 3 is 1.95 bits per heavy atom. The Bertz CT molecular complexity index is 244. The minimum absolute atomic E-state index is 0.260. The first-order chi connectivity index (χ1) is 9.16. The van der Waals surface area contributed by atoms with Crippen molar-refractivity contribution >= 4 is 11.9 Å². The van der Waals surface area contributed by atoms with Crippen LogP contribution in [0.3, 0.4) is 0 Å². The summed E-state index contributed by atoms with van der Waals surface area (Å²) >= 11 is 0. The van der Waals surface area contributed by atoms with Gasteiger partial charge in [-0.25, -0.2) is 4.79 Å². The van der Waals surface area contributed by atoms with Gasteiger partial charge in [-0.05, 0) is 6.42 Å². The summed E-state index contributed by atoms with van der Waals surface area (Å²) < 4.78 is 0. The van der Waals surface area contributed by atoms with Crippen molar-refractivity contribution in [2.75, 3.05) is 0 Å². The smallest absolute Gasteiger partial charge is 0.275 e. The number of hydrogen-bond donors (Lipinski definition) is 1. The SMILES string of the molecule is CCCCCCCCCCCC(=O)NOOC(C)=O. The maximum absolute atomic E-state index is 11.2. The normalized spacial score (nSPS) is 10.2. The molecule has 1 amide bonds. The maximum atomic E-state index is 11.2. The molecule has 0 saturated carbocycles. The van der Waals surface area contributed by atoms with Crippen LogP contribution in [0.5, 0.6) is 0 Å². The molecule has 1 N–H and O–H groups in total. The monoisotopic (exact) mass is 273 g/mol. The molecule has 112 valence electrons. The van der Waals surface area contributed by atoms with Gasteiger partial charge in [-0.1, -0.05) is 63.3 Å². The fraction of sp³-hybridized carbons (Fsp3) is 0.857. The maximum Gasteiger partial charge on any atom is 0.342 e. The number of hydrogen-bond acceptors (Lipinski definition) is 4. The van der Waals surface area contributed by atoms with Crippen LogP contribution in [0.15, 0.2) is 0 Å². The Kier molecular flexibility index (Phi) is 12.6. The van der Waals surface area contributed by atoms with Crippen LogP contribution in [0, 0.1) is 0 Å². The highest BCUT2D eigenvalue weighted by Crippen LogP contribution is 2.10. The molecule has 0 saturated heterocycles. The van der Waals surface area contributed by atoms with Crippen LogP contribution in [0.4, 0.5) is 0 Å². The zero-order chi connectivity index (χ0) is 14.3. The van der Waals surface area contributed by atoms with E-state index in [9.17, 15) is 9.59 Å². The Balaban J connectivity index is 3.16. The number of amides is 1. The fourth-order valence-electron chi connectivity index (χ4n) is 1.77. The molecular weight excluding hydrogens is 246 g/mol. The lowest BCUT2D eigenvalue weighted by atomic mass is 10.1. The van der Waals surface area contributed by atoms with E-state index in [0.29, 0.717) is 6.42 Å². The van der Waals surface area contributed by atoms with Gasteiger partial charge in [0.2, 0.25) is 5.91 Å². The van der Waals surface area contributed by atoms with E-state index in [0.717, 1.165) is 12.8 Å². The minimum Gasteiger partial charge on any atom is -0.275 e. The molecule has 5 heteroatoms. The molecule has 0 aromatic rings. The number of hydroxylamine groups is 1. The highest BCUT2D eigenvalue weighted by molar-refractivity contribution is 5.74. The number of nitrogens with one attached hydrogen (secondary N) is 1. The lowest BCUT2D eigenvalue weighted by Crippen LogP contribution is -2.24. The van der Waals surface area contributed by atoms with Gasteiger partial charge in [-0.3, -0.25) is 9.68 Å². The third kappa shape index (κ3) is 14.8. The van der Waals surface area contributed by atoms with E-state index in [2.05, 4.69) is 22.3 Å². The summed E-state index contributed by atoms with van der Waals surface area (Å²) in [5.41, 5.74) is 2.06. The van der Waals surface area contributed by atoms with Crippen LogP contribution in [-0.4, -0.2) is 11.9 Å². The summed E-state index contributed by atoms with van der Waals surface area (Å²) in [4.78, 5) is 29.9. The van der Waals surface area contributed by atoms with Gasteiger partial charge in [0, 0.05) is 13.3 Å². The van der Waals surface area contributed by atoms with Crippen LogP contribution < -0.4 is 5.48 Å². The van der Waals surface area contributed by atoms with Crippen molar-refractivity contribution in [1.82, 2.24) is 5.48 Å². The average Bonchev–Trinajstić information content (AvgIpc) is 2.36. The molecule has 0 radical (unpaired) electrons. The summed E-state index contributed by atoms with van der Waals surface area (Å²) in [6, 6.07) is 0. The zero-order valence-corrected chi connectivity index (χ0v) is 12.2. The van der Waals surface area contributed by atoms with Gasteiger partial charge < -0.3 is 0 Å². The van der Waals surface area contributed by atoms with Crippen molar-refractivity contribution in [3.8, 4) is 0 Å². The molecule has 0 fully saturated rings. The summed E-state index contributed by atoms with van der Waals surface area (Å²) in [6.07, 6.45) is 11.3. The van der Waals surface area contributed by atoms with Gasteiger partial charge in [0.05, 0.1) is 0 Å². The average molecular weight is 273 g/mol. The predicted molar refractivity (Wildman–Crippen MR) is 72.8 cm³/mol. The topological polar surface area (TPSA) is 64.6 Å². The van der Waals surface area contributed by atoms with E-state index in [1.807, 2.05) is 0 Å². The van der Waals surface area contributed by atoms with E-state index in [1.54, 1.807) is 0 Å². The molecule has 19 heavy (non-hydrogen) atoms. The first-order valence-corrected chi connectivity index (χ1v) is 7.29. The van der Waals surface area contributed by atoms with Crippen molar-refractivity contribution < 1.29 is 19.5 Å². The standard InChI is InChI=1S/C14H27NO4/c1-3-4-5-6-7-8-9-10-11-12-14(17)15-19-18-13(2)16/h3-12H2,1-2H3,(H,15,17). The molecule has 0 aliphatic heterocycles. The molecule has 0 aromatic heterocycles. The molecule has 0 atom stereocenters. The third-order valence-electron chi connectivity index (χ3n) is 2.82. The van der Waals surface area contributed by atoms with E-state index in [1.165, 1.54) is 51.9 Å². The van der Waals surface area contributed by atoms with Gasteiger partial charge in [0.15, 0.2) is 0 Å². The van der Waals surface area contributed by atoms with Crippen LogP contribution in [-0.2, 0) is 19.5 Å². The van der Waals surface area contributed by atoms with Crippen LogP contribution in [0.2, 0.25) is 0 Å². The number of unbranched alkanes of at least 4 members (excludes halogenated alkanes) is 8. The van der Waals surface area contributed by atoms with Gasteiger partial charge in [-0.15, -0.1) is 0 Å². The first kappa shape index (κ1) is 17.9. The molecule has 0 spiro atoms. The Labute approximate surface area is 115 Å². The van der Waals surface area contributed by atoms with Gasteiger partial charge in [0.25, 0.3) is 0 Å². The molecule has 0 rings (SSSR count). The van der Waals surface area contributed by atoms with E-state index < -0.39 is 5.97 Å². The second kappa shape index (κ2) is 13.3. The van der Waals surface area contributed by atoms with Crippen molar-refractivity contribution in [2.24, 2.45) is 0 Å². The van der Waals surface area contributed by atoms with Crippen molar-refractivity contribution in [1.29, 1.82) is 0 Å². The second-order valence-corrected chi connectivity index (χ2v) is 4.76. The third-order valence-corrected chi connectivity index (χ3v) is 2.82. The predicted octanol–water partition coefficient (Wildman–Crippen LogP) is 3.43. The summed E-state index contributed by atoms with van der Waals surface area (Å²) in [5.74, 6) is -0.854. The summed E-state index contributed by atoms with van der Waals surface area (Å²) in [7, 11) is 0. The second-order valence-electron chi connectivity index (χ2n) is 4.76. The molecule has 5 nitrogen and oxygen atoms in total.